The molecule has 35 heavy (non-hydrogen) atoms. The van der Waals surface area contributed by atoms with Crippen LogP contribution in [0.25, 0.3) is 22.2 Å². The van der Waals surface area contributed by atoms with Crippen molar-refractivity contribution < 1.29 is 22.5 Å². The minimum Gasteiger partial charge on any atom is -0.434 e. The minimum absolute atomic E-state index is 0.0245. The summed E-state index contributed by atoms with van der Waals surface area (Å²) in [7, 11) is -2.80. The van der Waals surface area contributed by atoms with E-state index in [1.165, 1.54) is 12.3 Å². The maximum Gasteiger partial charge on any atom is 0.387 e. The topological polar surface area (TPSA) is 85.0 Å². The molecule has 6 nitrogen and oxygen atoms in total. The standard InChI is InChI=1S/C26H21F2N3O3S/c1-35(29,33)17-8-5-14(6-9-17)15-7-10-19-20(11-15)31-21-12-16(25(31)30-19)13-22(32)18-3-2-4-23(24(18)21)34-26(27)28/h2-11,16,21,26,29H,12-13H2,1H3/t16-,21-,35?/m1/s1. The van der Waals surface area contributed by atoms with Gasteiger partial charge in [-0.1, -0.05) is 30.3 Å². The molecule has 1 aromatic heterocycles. The van der Waals surface area contributed by atoms with E-state index >= 15 is 0 Å². The van der Waals surface area contributed by atoms with Crippen LogP contribution in [0.3, 0.4) is 0 Å². The quantitative estimate of drug-likeness (QED) is 0.378. The number of halogens is 2. The molecule has 1 aliphatic carbocycles. The first kappa shape index (κ1) is 21.9. The number of fused-ring (bicyclic) bond motifs is 9. The maximum absolute atomic E-state index is 13.2. The van der Waals surface area contributed by atoms with E-state index in [2.05, 4.69) is 4.57 Å². The molecule has 178 valence electrons. The monoisotopic (exact) mass is 493 g/mol. The van der Waals surface area contributed by atoms with E-state index in [1.54, 1.807) is 24.3 Å². The number of imidazole rings is 1. The third-order valence-corrected chi connectivity index (χ3v) is 8.06. The number of ether oxygens (including phenoxy) is 1. The average Bonchev–Trinajstić information content (AvgIpc) is 3.30. The Morgan fingerprint density at radius 3 is 2.57 bits per heavy atom. The third-order valence-electron chi connectivity index (χ3n) is 6.89. The highest BCUT2D eigenvalue weighted by Gasteiger charge is 2.42. The number of nitrogens with zero attached hydrogens (tertiary/aromatic N) is 2. The van der Waals surface area contributed by atoms with Crippen LogP contribution in [0.15, 0.2) is 65.6 Å². The van der Waals surface area contributed by atoms with Crippen LogP contribution in [0.1, 0.15) is 46.5 Å². The Kier molecular flexibility index (Phi) is 4.83. The van der Waals surface area contributed by atoms with Crippen LogP contribution in [0.4, 0.5) is 8.78 Å². The van der Waals surface area contributed by atoms with Gasteiger partial charge in [-0.15, -0.1) is 0 Å². The summed E-state index contributed by atoms with van der Waals surface area (Å²) in [6.45, 7) is -2.99. The minimum atomic E-state index is -2.99. The Morgan fingerprint density at radius 1 is 1.11 bits per heavy atom. The van der Waals surface area contributed by atoms with Crippen molar-refractivity contribution in [3.63, 3.8) is 0 Å². The highest BCUT2D eigenvalue weighted by molar-refractivity contribution is 7.91. The zero-order valence-electron chi connectivity index (χ0n) is 18.7. The Hall–Kier alpha value is -3.59. The van der Waals surface area contributed by atoms with Crippen molar-refractivity contribution in [3.05, 3.63) is 77.6 Å². The van der Waals surface area contributed by atoms with Gasteiger partial charge in [-0.2, -0.15) is 8.78 Å². The summed E-state index contributed by atoms with van der Waals surface area (Å²) in [5, 5.41) is 0. The van der Waals surface area contributed by atoms with E-state index in [4.69, 9.17) is 14.5 Å². The lowest BCUT2D eigenvalue weighted by Gasteiger charge is -2.21. The van der Waals surface area contributed by atoms with Crippen molar-refractivity contribution in [2.75, 3.05) is 6.26 Å². The second kappa shape index (κ2) is 7.71. The van der Waals surface area contributed by atoms with Gasteiger partial charge in [-0.25, -0.2) is 14.0 Å². The molecule has 0 radical (unpaired) electrons. The normalized spacial score (nSPS) is 20.4. The molecule has 2 heterocycles. The molecule has 1 N–H and O–H groups in total. The number of Topliss-reactive ketones (excluding diaryl/α,β-unsaturated/α-hetero) is 1. The Balaban J connectivity index is 1.51. The first-order valence-corrected chi connectivity index (χ1v) is 13.1. The van der Waals surface area contributed by atoms with Crippen LogP contribution in [-0.2, 0) is 9.73 Å². The summed E-state index contributed by atoms with van der Waals surface area (Å²) in [6.07, 6.45) is 2.25. The SMILES string of the molecule is CS(=N)(=O)c1ccc(-c2ccc3nc4n(c3c2)[C@@H]2C[C@@H]4CC(=O)c3cccc(OC(F)F)c32)cc1. The number of carbonyl (C=O) groups excluding carboxylic acids is 1. The molecule has 6 rings (SSSR count). The lowest BCUT2D eigenvalue weighted by molar-refractivity contribution is -0.0507. The number of benzene rings is 3. The fourth-order valence-electron chi connectivity index (χ4n) is 5.38. The molecule has 9 heteroatoms. The van der Waals surface area contributed by atoms with Gasteiger partial charge in [0.2, 0.25) is 0 Å². The van der Waals surface area contributed by atoms with Gasteiger partial charge in [0.05, 0.1) is 26.8 Å². The molecule has 4 aromatic rings. The summed E-state index contributed by atoms with van der Waals surface area (Å²) in [6, 6.07) is 17.3. The number of aromatic nitrogens is 2. The molecule has 0 amide bonds. The molecule has 0 fully saturated rings. The average molecular weight is 494 g/mol. The smallest absolute Gasteiger partial charge is 0.387 e. The number of hydrogen-bond acceptors (Lipinski definition) is 5. The zero-order chi connectivity index (χ0) is 24.5. The van der Waals surface area contributed by atoms with Gasteiger partial charge in [0.15, 0.2) is 5.78 Å². The largest absolute Gasteiger partial charge is 0.434 e. The van der Waals surface area contributed by atoms with Crippen LogP contribution in [0.2, 0.25) is 0 Å². The third kappa shape index (κ3) is 3.53. The number of rotatable bonds is 4. The molecule has 1 unspecified atom stereocenters. The summed E-state index contributed by atoms with van der Waals surface area (Å²) >= 11 is 0. The van der Waals surface area contributed by atoms with Gasteiger partial charge in [-0.05, 0) is 47.9 Å². The van der Waals surface area contributed by atoms with E-state index in [9.17, 15) is 17.8 Å². The van der Waals surface area contributed by atoms with E-state index in [0.29, 0.717) is 22.4 Å². The molecule has 0 spiro atoms. The van der Waals surface area contributed by atoms with Gasteiger partial charge < -0.3 is 9.30 Å². The van der Waals surface area contributed by atoms with Gasteiger partial charge >= 0.3 is 6.61 Å². The molecule has 2 aliphatic rings. The summed E-state index contributed by atoms with van der Waals surface area (Å²) in [5.74, 6) is 0.608. The molecule has 1 aliphatic heterocycles. The number of alkyl halides is 2. The predicted molar refractivity (Wildman–Crippen MR) is 128 cm³/mol. The van der Waals surface area contributed by atoms with Crippen LogP contribution >= 0.6 is 0 Å². The van der Waals surface area contributed by atoms with Crippen molar-refractivity contribution >= 4 is 26.5 Å². The van der Waals surface area contributed by atoms with Gasteiger partial charge in [0.25, 0.3) is 0 Å². The first-order valence-electron chi connectivity index (χ1n) is 11.2. The van der Waals surface area contributed by atoms with Crippen molar-refractivity contribution in [1.82, 2.24) is 9.55 Å². The summed E-state index contributed by atoms with van der Waals surface area (Å²) in [5.41, 5.74) is 4.33. The van der Waals surface area contributed by atoms with E-state index in [1.807, 2.05) is 30.3 Å². The number of nitrogens with one attached hydrogen (secondary N) is 1. The van der Waals surface area contributed by atoms with Crippen LogP contribution in [0, 0.1) is 4.78 Å². The highest BCUT2D eigenvalue weighted by Crippen LogP contribution is 2.50. The van der Waals surface area contributed by atoms with E-state index in [-0.39, 0.29) is 29.9 Å². The second-order valence-corrected chi connectivity index (χ2v) is 11.2. The first-order chi connectivity index (χ1) is 16.7. The van der Waals surface area contributed by atoms with Crippen molar-refractivity contribution in [2.24, 2.45) is 0 Å². The molecule has 3 aromatic carbocycles. The fraction of sp³-hybridized carbons (Fsp3) is 0.231. The summed E-state index contributed by atoms with van der Waals surface area (Å²) < 4.78 is 53.1. The Labute approximate surface area is 200 Å². The number of ketones is 1. The molecular formula is C26H21F2N3O3S. The zero-order valence-corrected chi connectivity index (χ0v) is 19.5. The Morgan fingerprint density at radius 2 is 1.86 bits per heavy atom. The lowest BCUT2D eigenvalue weighted by atomic mass is 9.97. The molecular weight excluding hydrogens is 472 g/mol. The number of carbonyl (C=O) groups is 1. The van der Waals surface area contributed by atoms with Gasteiger partial charge in [0.1, 0.15) is 11.6 Å². The van der Waals surface area contributed by atoms with Crippen molar-refractivity contribution in [2.45, 2.75) is 36.3 Å². The van der Waals surface area contributed by atoms with Gasteiger partial charge in [-0.3, -0.25) is 4.79 Å². The predicted octanol–water partition coefficient (Wildman–Crippen LogP) is 6.00. The van der Waals surface area contributed by atoms with Crippen LogP contribution in [-0.4, -0.2) is 32.4 Å². The molecule has 0 saturated heterocycles. The molecule has 0 saturated carbocycles. The van der Waals surface area contributed by atoms with Gasteiger partial charge in [0, 0.05) is 34.6 Å². The maximum atomic E-state index is 13.2. The highest BCUT2D eigenvalue weighted by atomic mass is 32.2. The van der Waals surface area contributed by atoms with Crippen molar-refractivity contribution in [1.29, 1.82) is 4.78 Å². The Bertz CT molecular complexity index is 1610. The lowest BCUT2D eigenvalue weighted by Crippen LogP contribution is -2.15. The molecule has 2 bridgehead atoms. The summed E-state index contributed by atoms with van der Waals surface area (Å²) in [4.78, 5) is 18.3. The van der Waals surface area contributed by atoms with Crippen LogP contribution < -0.4 is 4.74 Å². The van der Waals surface area contributed by atoms with E-state index < -0.39 is 16.3 Å². The molecule has 3 atom stereocenters. The van der Waals surface area contributed by atoms with E-state index in [0.717, 1.165) is 28.0 Å². The number of hydrogen-bond donors (Lipinski definition) is 1. The second-order valence-electron chi connectivity index (χ2n) is 9.08. The van der Waals surface area contributed by atoms with Crippen molar-refractivity contribution in [3.8, 4) is 16.9 Å². The van der Waals surface area contributed by atoms with Crippen LogP contribution in [0.5, 0.6) is 5.75 Å². The fourth-order valence-corrected chi connectivity index (χ4v) is 6.03.